The number of phenols is 1. The van der Waals surface area contributed by atoms with E-state index in [9.17, 15) is 5.11 Å². The molecule has 1 N–H and O–H groups in total. The van der Waals surface area contributed by atoms with Crippen molar-refractivity contribution in [2.45, 2.75) is 96.4 Å². The predicted molar refractivity (Wildman–Crippen MR) is 116 cm³/mol. The highest BCUT2D eigenvalue weighted by Gasteiger charge is 2.48. The second kappa shape index (κ2) is 7.97. The molecule has 0 spiro atoms. The van der Waals surface area contributed by atoms with Gasteiger partial charge >= 0.3 is 0 Å². The van der Waals surface area contributed by atoms with Crippen molar-refractivity contribution in [3.63, 3.8) is 0 Å². The zero-order valence-electron chi connectivity index (χ0n) is 18.0. The summed E-state index contributed by atoms with van der Waals surface area (Å²) in [5, 5.41) is 10.2. The molecule has 0 bridgehead atoms. The molecule has 0 aliphatic heterocycles. The van der Waals surface area contributed by atoms with Crippen LogP contribution in [0.1, 0.15) is 53.0 Å². The third-order valence-electron chi connectivity index (χ3n) is 6.89. The highest BCUT2D eigenvalue weighted by molar-refractivity contribution is 6.82. The van der Waals surface area contributed by atoms with Gasteiger partial charge in [-0.3, -0.25) is 0 Å². The number of hydrogen-bond acceptors (Lipinski definition) is 2. The Labute approximate surface area is 158 Å². The van der Waals surface area contributed by atoms with Crippen LogP contribution in [0, 0.1) is 0 Å². The van der Waals surface area contributed by atoms with Crippen molar-refractivity contribution in [1.29, 1.82) is 0 Å². The lowest BCUT2D eigenvalue weighted by Crippen LogP contribution is -2.59. The number of benzene rings is 1. The molecule has 1 aromatic carbocycles. The lowest BCUT2D eigenvalue weighted by atomic mass is 10.1. The van der Waals surface area contributed by atoms with Crippen LogP contribution in [0.3, 0.4) is 0 Å². The molecule has 1 rings (SSSR count). The molecule has 0 unspecified atom stereocenters. The molecule has 25 heavy (non-hydrogen) atoms. The normalized spacial score (nSPS) is 14.0. The van der Waals surface area contributed by atoms with Crippen LogP contribution in [0.2, 0.25) is 37.3 Å². The SMILES string of the molecule is CCC(C)(C)[Si](C)(C)OC(C)(C)[Si](C)(C)CCCc1ccccc1O. The van der Waals surface area contributed by atoms with Crippen LogP contribution in [0.25, 0.3) is 0 Å². The summed E-state index contributed by atoms with van der Waals surface area (Å²) in [6.45, 7) is 21.3. The average Bonchev–Trinajstić information content (AvgIpc) is 2.47. The molecular weight excluding hydrogens is 340 g/mol. The van der Waals surface area contributed by atoms with Gasteiger partial charge in [0.25, 0.3) is 0 Å². The summed E-state index contributed by atoms with van der Waals surface area (Å²) in [6, 6.07) is 8.92. The summed E-state index contributed by atoms with van der Waals surface area (Å²) in [5.74, 6) is 0.427. The summed E-state index contributed by atoms with van der Waals surface area (Å²) < 4.78 is 6.92. The maximum atomic E-state index is 9.96. The Bertz CT molecular complexity index is 563. The fourth-order valence-electron chi connectivity index (χ4n) is 3.08. The number of para-hydroxylation sites is 1. The molecule has 0 fully saturated rings. The van der Waals surface area contributed by atoms with Crippen molar-refractivity contribution in [3.8, 4) is 5.75 Å². The Morgan fingerprint density at radius 2 is 1.56 bits per heavy atom. The first-order valence-electron chi connectivity index (χ1n) is 9.73. The number of hydrogen-bond donors (Lipinski definition) is 1. The van der Waals surface area contributed by atoms with E-state index in [0.29, 0.717) is 5.75 Å². The summed E-state index contributed by atoms with van der Waals surface area (Å²) in [7, 11) is -3.37. The minimum atomic E-state index is -1.79. The van der Waals surface area contributed by atoms with Gasteiger partial charge < -0.3 is 9.53 Å². The van der Waals surface area contributed by atoms with Crippen LogP contribution in [0.5, 0.6) is 5.75 Å². The molecule has 0 saturated carbocycles. The molecular formula is C21H40O2Si2. The van der Waals surface area contributed by atoms with Crippen molar-refractivity contribution in [1.82, 2.24) is 0 Å². The summed E-state index contributed by atoms with van der Waals surface area (Å²) in [5.41, 5.74) is 1.06. The summed E-state index contributed by atoms with van der Waals surface area (Å²) >= 11 is 0. The van der Waals surface area contributed by atoms with E-state index < -0.39 is 16.4 Å². The van der Waals surface area contributed by atoms with Gasteiger partial charge in [-0.25, -0.2) is 0 Å². The van der Waals surface area contributed by atoms with Crippen LogP contribution < -0.4 is 0 Å². The monoisotopic (exact) mass is 380 g/mol. The average molecular weight is 381 g/mol. The van der Waals surface area contributed by atoms with E-state index in [0.717, 1.165) is 24.8 Å². The summed E-state index contributed by atoms with van der Waals surface area (Å²) in [4.78, 5) is 0. The minimum absolute atomic E-state index is 0.0338. The summed E-state index contributed by atoms with van der Waals surface area (Å²) in [6.07, 6.45) is 3.22. The molecule has 0 heterocycles. The molecule has 0 aliphatic carbocycles. The van der Waals surface area contributed by atoms with Crippen LogP contribution in [-0.2, 0) is 10.8 Å². The lowest BCUT2D eigenvalue weighted by molar-refractivity contribution is 0.160. The van der Waals surface area contributed by atoms with E-state index >= 15 is 0 Å². The van der Waals surface area contributed by atoms with Gasteiger partial charge in [0, 0.05) is 5.22 Å². The largest absolute Gasteiger partial charge is 0.508 e. The Morgan fingerprint density at radius 3 is 2.08 bits per heavy atom. The first-order valence-corrected chi connectivity index (χ1v) is 15.8. The van der Waals surface area contributed by atoms with Crippen molar-refractivity contribution < 1.29 is 9.53 Å². The zero-order chi connectivity index (χ0) is 19.5. The second-order valence-electron chi connectivity index (χ2n) is 9.73. The standard InChI is InChI=1S/C21H40O2Si2/c1-10-20(2,3)25(8,9)23-21(4,5)24(6,7)17-13-15-18-14-11-12-16-19(18)22/h11-12,14,16,22H,10,13,15,17H2,1-9H3. The van der Waals surface area contributed by atoms with Gasteiger partial charge in [-0.15, -0.1) is 0 Å². The van der Waals surface area contributed by atoms with Gasteiger partial charge in [-0.05, 0) is 50.0 Å². The van der Waals surface area contributed by atoms with Crippen molar-refractivity contribution in [3.05, 3.63) is 29.8 Å². The first kappa shape index (κ1) is 22.5. The van der Waals surface area contributed by atoms with Crippen molar-refractivity contribution in [2.75, 3.05) is 0 Å². The number of aryl methyl sites for hydroxylation is 1. The Hall–Kier alpha value is -0.586. The third kappa shape index (κ3) is 5.44. The molecule has 4 heteroatoms. The fourth-order valence-corrected chi connectivity index (χ4v) is 9.02. The maximum Gasteiger partial charge on any atom is 0.192 e. The van der Waals surface area contributed by atoms with Crippen LogP contribution in [-0.4, -0.2) is 26.7 Å². The van der Waals surface area contributed by atoms with Crippen LogP contribution in [0.4, 0.5) is 0 Å². The third-order valence-corrected chi connectivity index (χ3v) is 16.7. The van der Waals surface area contributed by atoms with Crippen molar-refractivity contribution >= 4 is 16.4 Å². The van der Waals surface area contributed by atoms with Gasteiger partial charge in [0.2, 0.25) is 0 Å². The first-order chi connectivity index (χ1) is 11.3. The van der Waals surface area contributed by atoms with Gasteiger partial charge in [0.1, 0.15) is 5.75 Å². The van der Waals surface area contributed by atoms with Crippen LogP contribution in [0.15, 0.2) is 24.3 Å². The van der Waals surface area contributed by atoms with E-state index in [1.165, 1.54) is 6.04 Å². The van der Waals surface area contributed by atoms with Crippen molar-refractivity contribution in [2.24, 2.45) is 0 Å². The fraction of sp³-hybridized carbons (Fsp3) is 0.714. The molecule has 2 nitrogen and oxygen atoms in total. The van der Waals surface area contributed by atoms with E-state index in [4.69, 9.17) is 4.43 Å². The molecule has 0 aliphatic rings. The Morgan fingerprint density at radius 1 is 1.00 bits per heavy atom. The lowest BCUT2D eigenvalue weighted by Gasteiger charge is -2.49. The minimum Gasteiger partial charge on any atom is -0.508 e. The number of aromatic hydroxyl groups is 1. The molecule has 0 saturated heterocycles. The molecule has 0 atom stereocenters. The molecule has 1 aromatic rings. The smallest absolute Gasteiger partial charge is 0.192 e. The molecule has 144 valence electrons. The number of phenolic OH excluding ortho intramolecular Hbond substituents is 1. The van der Waals surface area contributed by atoms with Gasteiger partial charge in [-0.1, -0.05) is 71.0 Å². The van der Waals surface area contributed by atoms with E-state index in [-0.39, 0.29) is 10.3 Å². The number of rotatable bonds is 9. The van der Waals surface area contributed by atoms with Gasteiger partial charge in [0.05, 0.1) is 8.07 Å². The molecule has 0 aromatic heterocycles. The van der Waals surface area contributed by atoms with Crippen LogP contribution >= 0.6 is 0 Å². The van der Waals surface area contributed by atoms with Gasteiger partial charge in [-0.2, -0.15) is 0 Å². The van der Waals surface area contributed by atoms with E-state index in [1.807, 2.05) is 18.2 Å². The molecule has 0 amide bonds. The highest BCUT2D eigenvalue weighted by Crippen LogP contribution is 2.44. The zero-order valence-corrected chi connectivity index (χ0v) is 20.0. The van der Waals surface area contributed by atoms with E-state index in [2.05, 4.69) is 60.8 Å². The Balaban J connectivity index is 2.76. The molecule has 0 radical (unpaired) electrons. The maximum absolute atomic E-state index is 9.96. The topological polar surface area (TPSA) is 29.5 Å². The highest BCUT2D eigenvalue weighted by atomic mass is 28.4. The quantitative estimate of drug-likeness (QED) is 0.479. The predicted octanol–water partition coefficient (Wildman–Crippen LogP) is 6.76. The second-order valence-corrected chi connectivity index (χ2v) is 19.8. The Kier molecular flexibility index (Phi) is 7.16. The van der Waals surface area contributed by atoms with E-state index in [1.54, 1.807) is 6.07 Å². The van der Waals surface area contributed by atoms with Gasteiger partial charge in [0.15, 0.2) is 8.32 Å².